The highest BCUT2D eigenvalue weighted by Gasteiger charge is 2.51. The lowest BCUT2D eigenvalue weighted by Crippen LogP contribution is -2.67. The van der Waals surface area contributed by atoms with Gasteiger partial charge in [-0.2, -0.15) is 0 Å². The minimum absolute atomic E-state index is 0.0134. The molecular weight excluding hydrogens is 597 g/mol. The van der Waals surface area contributed by atoms with Gasteiger partial charge < -0.3 is 13.9 Å². The number of carbonyl (C=O) groups is 1. The van der Waals surface area contributed by atoms with Crippen molar-refractivity contribution in [3.05, 3.63) is 85.0 Å². The third kappa shape index (κ3) is 10.3. The highest BCUT2D eigenvalue weighted by molar-refractivity contribution is 6.99. The first kappa shape index (κ1) is 37.3. The SMILES string of the molecule is C=C1C[C@@H](CC[C@H](C)O[Si](c2ccccc2)(c2ccccc2)C(C)(C)C)OC(=O)[C@@H](C)CCCC[C@@H]2O[C@@H](C/C=C/[C@H](C)C1)C[C@@H]2C. The van der Waals surface area contributed by atoms with Crippen LogP contribution in [0.1, 0.15) is 113 Å². The van der Waals surface area contributed by atoms with E-state index in [9.17, 15) is 4.79 Å². The fraction of sp³-hybridized carbons (Fsp3) is 0.595. The van der Waals surface area contributed by atoms with Crippen LogP contribution in [0.2, 0.25) is 5.04 Å². The highest BCUT2D eigenvalue weighted by Crippen LogP contribution is 2.38. The van der Waals surface area contributed by atoms with E-state index in [4.69, 9.17) is 13.9 Å². The number of hydrogen-bond acceptors (Lipinski definition) is 4. The summed E-state index contributed by atoms with van der Waals surface area (Å²) in [5, 5.41) is 2.48. The predicted molar refractivity (Wildman–Crippen MR) is 199 cm³/mol. The molecule has 7 atom stereocenters. The van der Waals surface area contributed by atoms with Crippen molar-refractivity contribution < 1.29 is 18.7 Å². The maximum Gasteiger partial charge on any atom is 0.308 e. The fourth-order valence-corrected chi connectivity index (χ4v) is 12.5. The second kappa shape index (κ2) is 17.3. The Morgan fingerprint density at radius 2 is 1.55 bits per heavy atom. The Morgan fingerprint density at radius 3 is 2.17 bits per heavy atom. The Kier molecular flexibility index (Phi) is 13.7. The first-order valence-electron chi connectivity index (χ1n) is 18.4. The van der Waals surface area contributed by atoms with E-state index in [-0.39, 0.29) is 29.1 Å². The average molecular weight is 659 g/mol. The van der Waals surface area contributed by atoms with Gasteiger partial charge in [-0.3, -0.25) is 4.79 Å². The Balaban J connectivity index is 1.49. The van der Waals surface area contributed by atoms with Crippen molar-refractivity contribution >= 4 is 24.7 Å². The normalized spacial score (nSPS) is 28.6. The molecule has 0 aliphatic carbocycles. The number of ether oxygens (including phenoxy) is 2. The second-order valence-corrected chi connectivity index (χ2v) is 20.0. The van der Waals surface area contributed by atoms with Crippen molar-refractivity contribution in [2.45, 2.75) is 142 Å². The van der Waals surface area contributed by atoms with Crippen LogP contribution in [-0.2, 0) is 18.7 Å². The summed E-state index contributed by atoms with van der Waals surface area (Å²) in [6.45, 7) is 20.2. The Morgan fingerprint density at radius 1 is 0.936 bits per heavy atom. The van der Waals surface area contributed by atoms with Crippen LogP contribution in [0.3, 0.4) is 0 Å². The molecule has 0 radical (unpaired) electrons. The first-order chi connectivity index (χ1) is 22.4. The van der Waals surface area contributed by atoms with E-state index in [0.717, 1.165) is 63.4 Å². The van der Waals surface area contributed by atoms with Crippen LogP contribution in [0.4, 0.5) is 0 Å². The zero-order valence-corrected chi connectivity index (χ0v) is 31.4. The molecule has 0 N–H and O–H groups in total. The molecule has 2 aromatic rings. The monoisotopic (exact) mass is 658 g/mol. The van der Waals surface area contributed by atoms with E-state index in [1.54, 1.807) is 0 Å². The molecule has 2 bridgehead atoms. The lowest BCUT2D eigenvalue weighted by Gasteiger charge is -2.44. The van der Waals surface area contributed by atoms with Gasteiger partial charge in [-0.25, -0.2) is 0 Å². The summed E-state index contributed by atoms with van der Waals surface area (Å²) >= 11 is 0. The van der Waals surface area contributed by atoms with Crippen molar-refractivity contribution in [2.75, 3.05) is 0 Å². The quantitative estimate of drug-likeness (QED) is 0.169. The molecule has 0 unspecified atom stereocenters. The van der Waals surface area contributed by atoms with Gasteiger partial charge in [0.05, 0.1) is 18.1 Å². The first-order valence-corrected chi connectivity index (χ1v) is 20.3. The predicted octanol–water partition coefficient (Wildman–Crippen LogP) is 9.57. The van der Waals surface area contributed by atoms with Gasteiger partial charge in [0.2, 0.25) is 0 Å². The van der Waals surface area contributed by atoms with Crippen LogP contribution in [0.5, 0.6) is 0 Å². The van der Waals surface area contributed by atoms with Crippen LogP contribution in [0.25, 0.3) is 0 Å². The lowest BCUT2D eigenvalue weighted by atomic mass is 9.95. The molecule has 0 amide bonds. The fourth-order valence-electron chi connectivity index (χ4n) is 7.77. The van der Waals surface area contributed by atoms with Crippen molar-refractivity contribution in [1.82, 2.24) is 0 Å². The van der Waals surface area contributed by atoms with Crippen molar-refractivity contribution in [3.63, 3.8) is 0 Å². The van der Waals surface area contributed by atoms with Crippen molar-refractivity contribution in [3.8, 4) is 0 Å². The van der Waals surface area contributed by atoms with Crippen LogP contribution in [0.15, 0.2) is 85.0 Å². The summed E-state index contributed by atoms with van der Waals surface area (Å²) in [6.07, 6.45) is 14.4. The molecule has 1 fully saturated rings. The van der Waals surface area contributed by atoms with Gasteiger partial charge in [0, 0.05) is 12.5 Å². The van der Waals surface area contributed by atoms with Gasteiger partial charge in [0.25, 0.3) is 8.32 Å². The zero-order valence-electron chi connectivity index (χ0n) is 30.4. The van der Waals surface area contributed by atoms with Gasteiger partial charge in [0.1, 0.15) is 6.10 Å². The standard InChI is InChI=1S/C42H62O4Si/c1-31-18-17-20-36-30-34(4)40(44-36)25-16-15-19-33(3)41(43)45-37(29-32(2)28-31)27-26-35(5)46-47(42(6,7)8,38-21-11-9-12-22-38)39-23-13-10-14-24-39/h9-14,17-18,21-24,31,33-37,40H,2,15-16,19-20,25-30H2,1,3-8H3/b18-17+/t31-,33-,34-,35-,36-,37+,40-/m0/s1. The number of rotatable bonds is 7. The van der Waals surface area contributed by atoms with E-state index < -0.39 is 8.32 Å². The van der Waals surface area contributed by atoms with E-state index in [2.05, 4.69) is 121 Å². The van der Waals surface area contributed by atoms with Gasteiger partial charge in [-0.1, -0.05) is 139 Å². The topological polar surface area (TPSA) is 44.8 Å². The van der Waals surface area contributed by atoms with Crippen LogP contribution in [0, 0.1) is 17.8 Å². The number of allylic oxidation sites excluding steroid dienone is 1. The average Bonchev–Trinajstić information content (AvgIpc) is 3.38. The molecule has 4 nitrogen and oxygen atoms in total. The van der Waals surface area contributed by atoms with Crippen LogP contribution >= 0.6 is 0 Å². The molecular formula is C42H62O4Si. The number of benzene rings is 2. The largest absolute Gasteiger partial charge is 0.462 e. The molecule has 0 spiro atoms. The Bertz CT molecular complexity index is 1240. The maximum absolute atomic E-state index is 13.4. The van der Waals surface area contributed by atoms with Gasteiger partial charge in [-0.05, 0) is 79.1 Å². The molecule has 47 heavy (non-hydrogen) atoms. The zero-order chi connectivity index (χ0) is 34.0. The van der Waals surface area contributed by atoms with E-state index in [1.807, 2.05) is 6.92 Å². The van der Waals surface area contributed by atoms with Gasteiger partial charge in [-0.15, -0.1) is 0 Å². The van der Waals surface area contributed by atoms with Crippen molar-refractivity contribution in [2.24, 2.45) is 17.8 Å². The summed E-state index contributed by atoms with van der Waals surface area (Å²) in [5.74, 6) is 0.775. The molecule has 1 saturated heterocycles. The summed E-state index contributed by atoms with van der Waals surface area (Å²) in [5.41, 5.74) is 1.14. The number of esters is 1. The van der Waals surface area contributed by atoms with E-state index in [1.165, 1.54) is 10.4 Å². The highest BCUT2D eigenvalue weighted by atomic mass is 28.4. The summed E-state index contributed by atoms with van der Waals surface area (Å²) in [7, 11) is -2.67. The minimum Gasteiger partial charge on any atom is -0.462 e. The third-order valence-corrected chi connectivity index (χ3v) is 15.5. The molecule has 2 aliphatic heterocycles. The molecule has 5 heteroatoms. The Hall–Kier alpha value is -2.47. The van der Waals surface area contributed by atoms with Crippen LogP contribution in [-0.4, -0.2) is 38.7 Å². The molecule has 2 heterocycles. The molecule has 0 saturated carbocycles. The third-order valence-electron chi connectivity index (χ3n) is 10.4. The van der Waals surface area contributed by atoms with E-state index in [0.29, 0.717) is 30.5 Å². The molecule has 2 aromatic carbocycles. The summed E-state index contributed by atoms with van der Waals surface area (Å²) in [6, 6.07) is 21.6. The molecule has 0 aromatic heterocycles. The maximum atomic E-state index is 13.4. The van der Waals surface area contributed by atoms with Gasteiger partial charge >= 0.3 is 5.97 Å². The molecule has 4 rings (SSSR count). The second-order valence-electron chi connectivity index (χ2n) is 15.7. The molecule has 2 aliphatic rings. The van der Waals surface area contributed by atoms with Crippen LogP contribution < -0.4 is 10.4 Å². The number of carbonyl (C=O) groups excluding carboxylic acids is 1. The number of hydrogen-bond donors (Lipinski definition) is 0. The Labute approximate surface area is 287 Å². The summed E-state index contributed by atoms with van der Waals surface area (Å²) < 4.78 is 20.1. The van der Waals surface area contributed by atoms with Gasteiger partial charge in [0.15, 0.2) is 0 Å². The van der Waals surface area contributed by atoms with E-state index >= 15 is 0 Å². The molecule has 258 valence electrons. The van der Waals surface area contributed by atoms with Crippen molar-refractivity contribution in [1.29, 1.82) is 0 Å². The number of cyclic esters (lactones) is 1. The summed E-state index contributed by atoms with van der Waals surface area (Å²) in [4.78, 5) is 13.4. The number of fused-ring (bicyclic) bond motifs is 2. The minimum atomic E-state index is -2.67. The smallest absolute Gasteiger partial charge is 0.308 e. The lowest BCUT2D eigenvalue weighted by molar-refractivity contribution is -0.154.